The van der Waals surface area contributed by atoms with Crippen molar-refractivity contribution in [3.63, 3.8) is 0 Å². The molecule has 4 aromatic rings. The summed E-state index contributed by atoms with van der Waals surface area (Å²) in [6.07, 6.45) is 1.18. The van der Waals surface area contributed by atoms with Crippen LogP contribution in [0.5, 0.6) is 5.75 Å². The maximum Gasteiger partial charge on any atom is 0.351 e. The second kappa shape index (κ2) is 14.5. The Labute approximate surface area is 270 Å². The number of rotatable bonds is 8. The number of nitrogen functional groups attached to an aromatic ring is 1. The number of amides is 2. The molecule has 1 aliphatic heterocycles. The Bertz CT molecular complexity index is 1880. The van der Waals surface area contributed by atoms with Crippen molar-refractivity contribution in [1.29, 1.82) is 0 Å². The van der Waals surface area contributed by atoms with Gasteiger partial charge in [-0.15, -0.1) is 22.0 Å². The normalized spacial score (nSPS) is 15.9. The van der Waals surface area contributed by atoms with Gasteiger partial charge in [0.25, 0.3) is 11.5 Å². The third-order valence-corrected chi connectivity index (χ3v) is 7.71. The number of benzene rings is 1. The molecule has 0 bridgehead atoms. The van der Waals surface area contributed by atoms with Crippen LogP contribution in [-0.2, 0) is 23.9 Å². The first-order valence-electron chi connectivity index (χ1n) is 13.9. The van der Waals surface area contributed by atoms with Crippen molar-refractivity contribution in [2.24, 2.45) is 7.05 Å². The Hall–Kier alpha value is -5.14. The summed E-state index contributed by atoms with van der Waals surface area (Å²) < 4.78 is 25.9. The number of halogens is 1. The molecular formula is C28H32FN9O8S. The lowest BCUT2D eigenvalue weighted by Gasteiger charge is -2.27. The van der Waals surface area contributed by atoms with Gasteiger partial charge in [0.15, 0.2) is 5.69 Å². The molecule has 2 atom stereocenters. The molecule has 19 heteroatoms. The molecule has 1 aliphatic rings. The van der Waals surface area contributed by atoms with E-state index in [1.54, 1.807) is 26.1 Å². The molecular weight excluding hydrogens is 641 g/mol. The molecule has 3 aromatic heterocycles. The van der Waals surface area contributed by atoms with Gasteiger partial charge >= 0.3 is 17.5 Å². The van der Waals surface area contributed by atoms with Crippen LogP contribution in [0.3, 0.4) is 0 Å². The van der Waals surface area contributed by atoms with E-state index in [-0.39, 0.29) is 48.2 Å². The number of anilines is 1. The molecule has 250 valence electrons. The fourth-order valence-electron chi connectivity index (χ4n) is 4.29. The highest BCUT2D eigenvalue weighted by atomic mass is 32.2. The SMILES string of the molecule is Cc1nnc(C(=O)NC(C)(C)c2nc(C(=O)NCc3ccc(F)cc3)c(O)c(=O)n2C)o1.Nc1ccn([C@@H]2CS[C@H](CO)O2)c(=O)n1. The lowest BCUT2D eigenvalue weighted by Crippen LogP contribution is -2.46. The predicted octanol–water partition coefficient (Wildman–Crippen LogP) is 0.317. The van der Waals surface area contributed by atoms with Crippen LogP contribution < -0.4 is 27.6 Å². The molecule has 2 amide bonds. The van der Waals surface area contributed by atoms with Gasteiger partial charge in [-0.25, -0.2) is 14.2 Å². The van der Waals surface area contributed by atoms with Gasteiger partial charge in [0.05, 0.1) is 12.1 Å². The molecule has 0 saturated carbocycles. The number of nitrogens with one attached hydrogen (secondary N) is 2. The average molecular weight is 674 g/mol. The lowest BCUT2D eigenvalue weighted by molar-refractivity contribution is -0.00629. The van der Waals surface area contributed by atoms with Crippen molar-refractivity contribution in [2.75, 3.05) is 18.1 Å². The van der Waals surface area contributed by atoms with E-state index < -0.39 is 45.9 Å². The summed E-state index contributed by atoms with van der Waals surface area (Å²) in [4.78, 5) is 56.8. The number of aromatic nitrogens is 6. The monoisotopic (exact) mass is 673 g/mol. The molecule has 17 nitrogen and oxygen atoms in total. The Morgan fingerprint density at radius 2 is 1.85 bits per heavy atom. The van der Waals surface area contributed by atoms with Gasteiger partial charge in [-0.3, -0.25) is 23.5 Å². The van der Waals surface area contributed by atoms with E-state index in [1.165, 1.54) is 54.6 Å². The van der Waals surface area contributed by atoms with E-state index >= 15 is 0 Å². The number of aryl methyl sites for hydroxylation is 1. The minimum atomic E-state index is -1.27. The largest absolute Gasteiger partial charge is 0.501 e. The number of hydrogen-bond acceptors (Lipinski definition) is 14. The number of thioether (sulfide) groups is 1. The maximum absolute atomic E-state index is 13.0. The van der Waals surface area contributed by atoms with E-state index in [9.17, 15) is 28.7 Å². The zero-order valence-electron chi connectivity index (χ0n) is 25.6. The lowest BCUT2D eigenvalue weighted by atomic mass is 10.0. The highest BCUT2D eigenvalue weighted by Gasteiger charge is 2.33. The molecule has 4 heterocycles. The van der Waals surface area contributed by atoms with Gasteiger partial charge in [0.1, 0.15) is 29.1 Å². The molecule has 6 N–H and O–H groups in total. The van der Waals surface area contributed by atoms with E-state index in [0.717, 1.165) is 4.57 Å². The molecule has 0 unspecified atom stereocenters. The van der Waals surface area contributed by atoms with Crippen molar-refractivity contribution in [3.05, 3.63) is 92.0 Å². The third kappa shape index (κ3) is 8.37. The number of carbonyl (C=O) groups excluding carboxylic acids is 2. The second-order valence-corrected chi connectivity index (χ2v) is 11.8. The van der Waals surface area contributed by atoms with Gasteiger partial charge in [0, 0.05) is 32.5 Å². The number of aromatic hydroxyl groups is 1. The Morgan fingerprint density at radius 3 is 2.45 bits per heavy atom. The highest BCUT2D eigenvalue weighted by Crippen LogP contribution is 2.30. The average Bonchev–Trinajstić information content (AvgIpc) is 3.69. The van der Waals surface area contributed by atoms with Gasteiger partial charge < -0.3 is 35.7 Å². The molecule has 0 radical (unpaired) electrons. The summed E-state index contributed by atoms with van der Waals surface area (Å²) in [5.41, 5.74) is 2.62. The first-order valence-corrected chi connectivity index (χ1v) is 14.9. The first-order chi connectivity index (χ1) is 22.2. The van der Waals surface area contributed by atoms with E-state index in [1.807, 2.05) is 0 Å². The van der Waals surface area contributed by atoms with Crippen molar-refractivity contribution >= 4 is 29.4 Å². The summed E-state index contributed by atoms with van der Waals surface area (Å²) >= 11 is 1.47. The minimum Gasteiger partial charge on any atom is -0.501 e. The summed E-state index contributed by atoms with van der Waals surface area (Å²) in [6, 6.07) is 6.99. The number of nitrogens with zero attached hydrogens (tertiary/aromatic N) is 6. The zero-order chi connectivity index (χ0) is 34.5. The Morgan fingerprint density at radius 1 is 1.15 bits per heavy atom. The van der Waals surface area contributed by atoms with Gasteiger partial charge in [0.2, 0.25) is 11.6 Å². The quantitative estimate of drug-likeness (QED) is 0.169. The van der Waals surface area contributed by atoms with Crippen LogP contribution in [0.1, 0.15) is 58.5 Å². The number of carbonyl (C=O) groups is 2. The number of aliphatic hydroxyl groups is 1. The zero-order valence-corrected chi connectivity index (χ0v) is 26.4. The molecule has 0 aliphatic carbocycles. The first kappa shape index (κ1) is 34.7. The second-order valence-electron chi connectivity index (χ2n) is 10.6. The Kier molecular flexibility index (Phi) is 10.7. The van der Waals surface area contributed by atoms with Crippen LogP contribution in [0.4, 0.5) is 10.2 Å². The van der Waals surface area contributed by atoms with Crippen molar-refractivity contribution < 1.29 is 33.3 Å². The van der Waals surface area contributed by atoms with Gasteiger partial charge in [-0.2, -0.15) is 4.98 Å². The Balaban J connectivity index is 0.000000277. The summed E-state index contributed by atoms with van der Waals surface area (Å²) in [6.45, 7) is 4.58. The standard InChI is InChI=1S/C20H21FN6O5.C8H11N3O3S/c1-10-25-26-17(32-10)16(30)24-20(2,3)19-23-13(14(28)18(31)27(19)4)15(29)22-9-11-5-7-12(21)8-6-11;9-5-1-2-11(8(13)10-5)6-4-15-7(3-12)14-6/h5-8,28H,9H2,1-4H3,(H,22,29)(H,24,30);1-2,6-7,12H,3-4H2,(H2,9,10,13)/t;6-,7+/m.0/s1. The molecule has 1 fully saturated rings. The summed E-state index contributed by atoms with van der Waals surface area (Å²) in [5, 5.41) is 31.4. The maximum atomic E-state index is 13.0. The van der Waals surface area contributed by atoms with Crippen molar-refractivity contribution in [1.82, 2.24) is 39.9 Å². The number of aliphatic hydroxyl groups excluding tert-OH is 1. The minimum absolute atomic E-state index is 0.00294. The predicted molar refractivity (Wildman–Crippen MR) is 165 cm³/mol. The van der Waals surface area contributed by atoms with Crippen LogP contribution in [0, 0.1) is 12.7 Å². The topological polar surface area (TPSA) is 243 Å². The van der Waals surface area contributed by atoms with E-state index in [0.29, 0.717) is 11.3 Å². The van der Waals surface area contributed by atoms with Crippen LogP contribution >= 0.6 is 11.8 Å². The third-order valence-electron chi connectivity index (χ3n) is 6.60. The summed E-state index contributed by atoms with van der Waals surface area (Å²) in [7, 11) is 1.34. The highest BCUT2D eigenvalue weighted by molar-refractivity contribution is 8.00. The van der Waals surface area contributed by atoms with Crippen LogP contribution in [0.15, 0.2) is 50.5 Å². The van der Waals surface area contributed by atoms with Gasteiger partial charge in [-0.1, -0.05) is 12.1 Å². The molecule has 5 rings (SSSR count). The van der Waals surface area contributed by atoms with E-state index in [4.69, 9.17) is 20.0 Å². The van der Waals surface area contributed by atoms with Crippen LogP contribution in [0.2, 0.25) is 0 Å². The number of nitrogens with two attached hydrogens (primary N) is 1. The van der Waals surface area contributed by atoms with Crippen molar-refractivity contribution in [3.8, 4) is 5.75 Å². The molecule has 0 spiro atoms. The molecule has 1 saturated heterocycles. The number of hydrogen-bond donors (Lipinski definition) is 5. The smallest absolute Gasteiger partial charge is 0.351 e. The van der Waals surface area contributed by atoms with Crippen LogP contribution in [-0.4, -0.2) is 69.1 Å². The number of ether oxygens (including phenoxy) is 1. The van der Waals surface area contributed by atoms with Crippen molar-refractivity contribution in [2.45, 2.75) is 44.5 Å². The van der Waals surface area contributed by atoms with E-state index in [2.05, 4.69) is 30.8 Å². The molecule has 47 heavy (non-hydrogen) atoms. The fraction of sp³-hybridized carbons (Fsp3) is 0.357. The molecule has 1 aromatic carbocycles. The van der Waals surface area contributed by atoms with Crippen LogP contribution in [0.25, 0.3) is 0 Å². The summed E-state index contributed by atoms with van der Waals surface area (Å²) in [5.74, 6) is -2.06. The van der Waals surface area contributed by atoms with Gasteiger partial charge in [-0.05, 0) is 37.6 Å². The fourth-order valence-corrected chi connectivity index (χ4v) is 5.22.